The summed E-state index contributed by atoms with van der Waals surface area (Å²) in [4.78, 5) is 12.1. The Kier molecular flexibility index (Phi) is 5.79. The molecular formula is C14H18ClN5OS. The number of benzene rings is 1. The number of tetrazole rings is 1. The topological polar surface area (TPSA) is 72.7 Å². The maximum Gasteiger partial charge on any atom is 0.230 e. The smallest absolute Gasteiger partial charge is 0.230 e. The third-order valence-corrected chi connectivity index (χ3v) is 4.31. The van der Waals surface area contributed by atoms with Gasteiger partial charge in [-0.2, -0.15) is 0 Å². The maximum absolute atomic E-state index is 12.1. The van der Waals surface area contributed by atoms with Crippen LogP contribution in [0.2, 0.25) is 5.02 Å². The molecular weight excluding hydrogens is 322 g/mol. The average Bonchev–Trinajstić information content (AvgIpc) is 2.94. The number of nitrogens with zero attached hydrogens (tertiary/aromatic N) is 4. The zero-order chi connectivity index (χ0) is 16.1. The van der Waals surface area contributed by atoms with Gasteiger partial charge in [-0.3, -0.25) is 4.79 Å². The number of hydrogen-bond acceptors (Lipinski definition) is 5. The second-order valence-electron chi connectivity index (χ2n) is 5.10. The first-order valence-corrected chi connectivity index (χ1v) is 8.30. The van der Waals surface area contributed by atoms with Gasteiger partial charge in [-0.15, -0.1) is 5.10 Å². The predicted octanol–water partition coefficient (Wildman–Crippen LogP) is 2.88. The number of amides is 1. The first-order chi connectivity index (χ1) is 10.5. The summed E-state index contributed by atoms with van der Waals surface area (Å²) in [6, 6.07) is 7.48. The van der Waals surface area contributed by atoms with Crippen LogP contribution in [0.1, 0.15) is 38.4 Å². The molecule has 0 spiro atoms. The summed E-state index contributed by atoms with van der Waals surface area (Å²) in [7, 11) is 0. The minimum atomic E-state index is -0.150. The fourth-order valence-electron chi connectivity index (χ4n) is 1.92. The van der Waals surface area contributed by atoms with Crippen LogP contribution in [0.25, 0.3) is 0 Å². The van der Waals surface area contributed by atoms with E-state index >= 15 is 0 Å². The summed E-state index contributed by atoms with van der Waals surface area (Å²) in [5, 5.41) is 15.7. The van der Waals surface area contributed by atoms with Crippen LogP contribution in [-0.4, -0.2) is 31.9 Å². The number of halogens is 1. The molecule has 1 N–H and O–H groups in total. The summed E-state index contributed by atoms with van der Waals surface area (Å²) >= 11 is 7.44. The Morgan fingerprint density at radius 1 is 1.36 bits per heavy atom. The molecule has 2 aromatic rings. The van der Waals surface area contributed by atoms with Gasteiger partial charge < -0.3 is 5.32 Å². The summed E-state index contributed by atoms with van der Waals surface area (Å²) in [5.41, 5.74) is 0.898. The molecule has 1 amide bonds. The van der Waals surface area contributed by atoms with Gasteiger partial charge in [0.25, 0.3) is 0 Å². The molecule has 6 nitrogen and oxygen atoms in total. The number of thioether (sulfide) groups is 1. The van der Waals surface area contributed by atoms with E-state index in [1.54, 1.807) is 4.68 Å². The molecule has 0 saturated heterocycles. The lowest BCUT2D eigenvalue weighted by molar-refractivity contribution is -0.119. The number of aromatic nitrogens is 4. The highest BCUT2D eigenvalue weighted by atomic mass is 35.5. The van der Waals surface area contributed by atoms with Crippen LogP contribution in [0.15, 0.2) is 29.4 Å². The summed E-state index contributed by atoms with van der Waals surface area (Å²) < 4.78 is 1.69. The summed E-state index contributed by atoms with van der Waals surface area (Å²) in [5.74, 6) is 0.165. The van der Waals surface area contributed by atoms with Crippen LogP contribution in [-0.2, 0) is 4.79 Å². The van der Waals surface area contributed by atoms with Gasteiger partial charge in [0.15, 0.2) is 0 Å². The van der Waals surface area contributed by atoms with E-state index in [1.165, 1.54) is 11.8 Å². The molecule has 8 heteroatoms. The van der Waals surface area contributed by atoms with Crippen molar-refractivity contribution in [2.24, 2.45) is 0 Å². The Morgan fingerprint density at radius 2 is 2.09 bits per heavy atom. The third-order valence-electron chi connectivity index (χ3n) is 3.03. The van der Waals surface area contributed by atoms with Crippen LogP contribution < -0.4 is 5.32 Å². The van der Waals surface area contributed by atoms with Crippen molar-refractivity contribution in [2.45, 2.75) is 38.0 Å². The van der Waals surface area contributed by atoms with Crippen molar-refractivity contribution in [1.82, 2.24) is 25.5 Å². The molecule has 0 aliphatic rings. The van der Waals surface area contributed by atoms with Crippen molar-refractivity contribution in [3.63, 3.8) is 0 Å². The predicted molar refractivity (Wildman–Crippen MR) is 86.9 cm³/mol. The zero-order valence-electron chi connectivity index (χ0n) is 12.7. The minimum absolute atomic E-state index is 0.0873. The number of carbonyl (C=O) groups excluding carboxylic acids is 1. The molecule has 22 heavy (non-hydrogen) atoms. The van der Waals surface area contributed by atoms with Crippen LogP contribution in [0.5, 0.6) is 0 Å². The second-order valence-corrected chi connectivity index (χ2v) is 6.45. The van der Waals surface area contributed by atoms with Crippen LogP contribution in [0, 0.1) is 0 Å². The molecule has 118 valence electrons. The highest BCUT2D eigenvalue weighted by Crippen LogP contribution is 2.22. The summed E-state index contributed by atoms with van der Waals surface area (Å²) in [6.07, 6.45) is 0. The van der Waals surface area contributed by atoms with E-state index in [9.17, 15) is 4.79 Å². The van der Waals surface area contributed by atoms with Crippen molar-refractivity contribution in [3.05, 3.63) is 34.9 Å². The quantitative estimate of drug-likeness (QED) is 0.819. The Balaban J connectivity index is 1.91. The normalized spacial score (nSPS) is 12.4. The third kappa shape index (κ3) is 4.20. The molecule has 1 unspecified atom stereocenters. The SMILES string of the molecule is CC(NC(=O)CSc1nnnn1C(C)C)c1ccccc1Cl. The molecule has 0 saturated carbocycles. The molecule has 0 aliphatic carbocycles. The van der Waals surface area contributed by atoms with Crippen molar-refractivity contribution in [1.29, 1.82) is 0 Å². The molecule has 1 aromatic carbocycles. The number of hydrogen-bond donors (Lipinski definition) is 1. The van der Waals surface area contributed by atoms with Crippen LogP contribution >= 0.6 is 23.4 Å². The Labute approximate surface area is 138 Å². The van der Waals surface area contributed by atoms with E-state index < -0.39 is 0 Å². The first-order valence-electron chi connectivity index (χ1n) is 6.93. The minimum Gasteiger partial charge on any atom is -0.349 e. The van der Waals surface area contributed by atoms with Crippen LogP contribution in [0.4, 0.5) is 0 Å². The van der Waals surface area contributed by atoms with E-state index in [-0.39, 0.29) is 23.7 Å². The van der Waals surface area contributed by atoms with Crippen molar-refractivity contribution in [2.75, 3.05) is 5.75 Å². The van der Waals surface area contributed by atoms with E-state index in [2.05, 4.69) is 20.8 Å². The van der Waals surface area contributed by atoms with Crippen molar-refractivity contribution in [3.8, 4) is 0 Å². The van der Waals surface area contributed by atoms with Gasteiger partial charge in [0.1, 0.15) is 0 Å². The van der Waals surface area contributed by atoms with Gasteiger partial charge in [-0.1, -0.05) is 41.6 Å². The molecule has 2 rings (SSSR count). The van der Waals surface area contributed by atoms with Crippen LogP contribution in [0.3, 0.4) is 0 Å². The van der Waals surface area contributed by atoms with Gasteiger partial charge in [0.05, 0.1) is 17.8 Å². The van der Waals surface area contributed by atoms with Gasteiger partial charge in [0.2, 0.25) is 11.1 Å². The highest BCUT2D eigenvalue weighted by Gasteiger charge is 2.15. The molecule has 0 bridgehead atoms. The Bertz CT molecular complexity index is 646. The highest BCUT2D eigenvalue weighted by molar-refractivity contribution is 7.99. The molecule has 0 aliphatic heterocycles. The molecule has 0 fully saturated rings. The monoisotopic (exact) mass is 339 g/mol. The lowest BCUT2D eigenvalue weighted by Crippen LogP contribution is -2.28. The van der Waals surface area contributed by atoms with E-state index in [1.807, 2.05) is 45.0 Å². The number of carbonyl (C=O) groups is 1. The van der Waals surface area contributed by atoms with Crippen molar-refractivity contribution < 1.29 is 4.79 Å². The van der Waals surface area contributed by atoms with E-state index in [4.69, 9.17) is 11.6 Å². The average molecular weight is 340 g/mol. The lowest BCUT2D eigenvalue weighted by Gasteiger charge is -2.15. The Hall–Kier alpha value is -1.60. The molecule has 1 aromatic heterocycles. The van der Waals surface area contributed by atoms with E-state index in [0.717, 1.165) is 5.56 Å². The fourth-order valence-corrected chi connectivity index (χ4v) is 3.04. The zero-order valence-corrected chi connectivity index (χ0v) is 14.2. The number of nitrogens with one attached hydrogen (secondary N) is 1. The standard InChI is InChI=1S/C14H18ClN5OS/c1-9(2)20-14(17-18-19-20)22-8-13(21)16-10(3)11-6-4-5-7-12(11)15/h4-7,9-10H,8H2,1-3H3,(H,16,21). The van der Waals surface area contributed by atoms with Crippen molar-refractivity contribution >= 4 is 29.3 Å². The van der Waals surface area contributed by atoms with E-state index in [0.29, 0.717) is 10.2 Å². The Morgan fingerprint density at radius 3 is 2.77 bits per heavy atom. The van der Waals surface area contributed by atoms with Gasteiger partial charge in [-0.05, 0) is 42.8 Å². The van der Waals surface area contributed by atoms with Gasteiger partial charge in [-0.25, -0.2) is 4.68 Å². The van der Waals surface area contributed by atoms with Gasteiger partial charge >= 0.3 is 0 Å². The second kappa shape index (κ2) is 7.60. The molecule has 1 heterocycles. The largest absolute Gasteiger partial charge is 0.349 e. The maximum atomic E-state index is 12.1. The fraction of sp³-hybridized carbons (Fsp3) is 0.429. The molecule has 1 atom stereocenters. The first kappa shape index (κ1) is 16.8. The number of rotatable bonds is 6. The van der Waals surface area contributed by atoms with Gasteiger partial charge in [0, 0.05) is 5.02 Å². The lowest BCUT2D eigenvalue weighted by atomic mass is 10.1. The molecule has 0 radical (unpaired) electrons. The summed E-state index contributed by atoms with van der Waals surface area (Å²) in [6.45, 7) is 5.88.